The molecule has 0 aromatic heterocycles. The third-order valence-corrected chi connectivity index (χ3v) is 4.72. The average molecular weight is 346 g/mol. The van der Waals surface area contributed by atoms with Gasteiger partial charge in [-0.1, -0.05) is 48.5 Å². The molecule has 3 aromatic rings. The smallest absolute Gasteiger partial charge is 0.270 e. The molecule has 1 aliphatic rings. The fourth-order valence-corrected chi connectivity index (χ4v) is 3.59. The van der Waals surface area contributed by atoms with Crippen molar-refractivity contribution < 1.29 is 14.8 Å². The second-order valence-electron chi connectivity index (χ2n) is 6.07. The maximum atomic E-state index is 13.2. The molecule has 0 saturated heterocycles. The Morgan fingerprint density at radius 3 is 2.35 bits per heavy atom. The molecule has 1 aliphatic heterocycles. The predicted octanol–water partition coefficient (Wildman–Crippen LogP) is 3.59. The number of hydrogen-bond acceptors (Lipinski definition) is 4. The maximum absolute atomic E-state index is 13.2. The number of nitrogens with zero attached hydrogens (tertiary/aromatic N) is 1. The van der Waals surface area contributed by atoms with Crippen molar-refractivity contribution in [2.24, 2.45) is 0 Å². The molecule has 26 heavy (non-hydrogen) atoms. The van der Waals surface area contributed by atoms with Crippen LogP contribution in [0.1, 0.15) is 16.7 Å². The van der Waals surface area contributed by atoms with Crippen molar-refractivity contribution in [3.63, 3.8) is 0 Å². The lowest BCUT2D eigenvalue weighted by atomic mass is 9.70. The topological polar surface area (TPSA) is 92.5 Å². The van der Waals surface area contributed by atoms with Crippen molar-refractivity contribution in [3.05, 3.63) is 99.6 Å². The van der Waals surface area contributed by atoms with Gasteiger partial charge in [-0.05, 0) is 17.7 Å². The van der Waals surface area contributed by atoms with Gasteiger partial charge in [-0.2, -0.15) is 0 Å². The first kappa shape index (κ1) is 15.8. The van der Waals surface area contributed by atoms with Crippen LogP contribution in [0.4, 0.5) is 11.4 Å². The van der Waals surface area contributed by atoms with Crippen LogP contribution < -0.4 is 5.32 Å². The van der Waals surface area contributed by atoms with E-state index in [1.54, 1.807) is 48.5 Å². The fourth-order valence-electron chi connectivity index (χ4n) is 3.59. The third kappa shape index (κ3) is 2.09. The van der Waals surface area contributed by atoms with Crippen LogP contribution in [0.2, 0.25) is 0 Å². The molecule has 0 radical (unpaired) electrons. The number of para-hydroxylation sites is 1. The van der Waals surface area contributed by atoms with E-state index >= 15 is 0 Å². The quantitative estimate of drug-likeness (QED) is 0.560. The minimum absolute atomic E-state index is 0.175. The highest BCUT2D eigenvalue weighted by atomic mass is 16.6. The van der Waals surface area contributed by atoms with Gasteiger partial charge in [0.2, 0.25) is 5.91 Å². The van der Waals surface area contributed by atoms with Crippen molar-refractivity contribution in [2.45, 2.75) is 5.41 Å². The Morgan fingerprint density at radius 2 is 1.62 bits per heavy atom. The van der Waals surface area contributed by atoms with Gasteiger partial charge < -0.3 is 10.4 Å². The summed E-state index contributed by atoms with van der Waals surface area (Å²) in [6.07, 6.45) is 0. The number of aromatic hydroxyl groups is 1. The molecular formula is C20H14N2O4. The first-order valence-corrected chi connectivity index (χ1v) is 7.99. The van der Waals surface area contributed by atoms with E-state index in [4.69, 9.17) is 0 Å². The normalized spacial score (nSPS) is 18.2. The number of benzene rings is 3. The number of carbonyl (C=O) groups excluding carboxylic acids is 1. The van der Waals surface area contributed by atoms with Crippen molar-refractivity contribution in [3.8, 4) is 5.75 Å². The van der Waals surface area contributed by atoms with E-state index in [0.29, 0.717) is 16.8 Å². The molecule has 6 nitrogen and oxygen atoms in total. The van der Waals surface area contributed by atoms with Crippen LogP contribution in [0, 0.1) is 10.1 Å². The molecule has 0 fully saturated rings. The number of anilines is 1. The van der Waals surface area contributed by atoms with Gasteiger partial charge in [-0.15, -0.1) is 0 Å². The minimum atomic E-state index is -1.37. The van der Waals surface area contributed by atoms with E-state index in [9.17, 15) is 20.0 Å². The number of carbonyl (C=O) groups is 1. The van der Waals surface area contributed by atoms with E-state index in [0.717, 1.165) is 0 Å². The second-order valence-corrected chi connectivity index (χ2v) is 6.07. The highest BCUT2D eigenvalue weighted by molar-refractivity contribution is 6.11. The number of amides is 1. The van der Waals surface area contributed by atoms with Gasteiger partial charge >= 0.3 is 0 Å². The van der Waals surface area contributed by atoms with Crippen molar-refractivity contribution in [1.82, 2.24) is 0 Å². The molecule has 1 atom stereocenters. The summed E-state index contributed by atoms with van der Waals surface area (Å²) in [6.45, 7) is 0. The first-order valence-electron chi connectivity index (χ1n) is 7.99. The Hall–Kier alpha value is -3.67. The van der Waals surface area contributed by atoms with Crippen LogP contribution in [-0.4, -0.2) is 15.9 Å². The Bertz CT molecular complexity index is 1030. The Morgan fingerprint density at radius 1 is 0.923 bits per heavy atom. The Kier molecular flexibility index (Phi) is 3.47. The van der Waals surface area contributed by atoms with Gasteiger partial charge in [-0.25, -0.2) is 0 Å². The molecule has 4 rings (SSSR count). The molecular weight excluding hydrogens is 332 g/mol. The molecule has 1 heterocycles. The van der Waals surface area contributed by atoms with Crippen LogP contribution in [-0.2, 0) is 10.2 Å². The summed E-state index contributed by atoms with van der Waals surface area (Å²) in [5.41, 5.74) is 0.511. The maximum Gasteiger partial charge on any atom is 0.270 e. The molecule has 1 unspecified atom stereocenters. The number of non-ortho nitro benzene ring substituents is 1. The lowest BCUT2D eigenvalue weighted by Gasteiger charge is -2.29. The van der Waals surface area contributed by atoms with Crippen LogP contribution in [0.3, 0.4) is 0 Å². The standard InChI is InChI=1S/C20H14N2O4/c23-18-11-10-14(22(25)26)12-16(18)20(13-6-2-1-3-7-13)15-8-4-5-9-17(15)21-19(20)24/h1-12,23H,(H,21,24). The second kappa shape index (κ2) is 5.70. The van der Waals surface area contributed by atoms with E-state index in [1.807, 2.05) is 6.07 Å². The molecule has 0 aliphatic carbocycles. The third-order valence-electron chi connectivity index (χ3n) is 4.72. The van der Waals surface area contributed by atoms with Gasteiger partial charge in [0.05, 0.1) is 4.92 Å². The molecule has 2 N–H and O–H groups in total. The lowest BCUT2D eigenvalue weighted by molar-refractivity contribution is -0.385. The summed E-state index contributed by atoms with van der Waals surface area (Å²) in [7, 11) is 0. The molecule has 0 saturated carbocycles. The average Bonchev–Trinajstić information content (AvgIpc) is 2.95. The van der Waals surface area contributed by atoms with E-state index in [2.05, 4.69) is 5.32 Å². The summed E-state index contributed by atoms with van der Waals surface area (Å²) in [6, 6.07) is 19.9. The lowest BCUT2D eigenvalue weighted by Crippen LogP contribution is -2.37. The van der Waals surface area contributed by atoms with Gasteiger partial charge in [0.1, 0.15) is 11.2 Å². The zero-order valence-corrected chi connectivity index (χ0v) is 13.5. The van der Waals surface area contributed by atoms with Crippen molar-refractivity contribution in [2.75, 3.05) is 5.32 Å². The predicted molar refractivity (Wildman–Crippen MR) is 96.2 cm³/mol. The van der Waals surface area contributed by atoms with Crippen LogP contribution >= 0.6 is 0 Å². The zero-order valence-electron chi connectivity index (χ0n) is 13.5. The minimum Gasteiger partial charge on any atom is -0.508 e. The van der Waals surface area contributed by atoms with Crippen LogP contribution in [0.15, 0.2) is 72.8 Å². The van der Waals surface area contributed by atoms with E-state index in [1.165, 1.54) is 18.2 Å². The number of rotatable bonds is 3. The van der Waals surface area contributed by atoms with E-state index in [-0.39, 0.29) is 22.9 Å². The summed E-state index contributed by atoms with van der Waals surface area (Å²) >= 11 is 0. The summed E-state index contributed by atoms with van der Waals surface area (Å²) in [5, 5.41) is 24.7. The highest BCUT2D eigenvalue weighted by Crippen LogP contribution is 2.50. The Balaban J connectivity index is 2.12. The summed E-state index contributed by atoms with van der Waals surface area (Å²) in [5.74, 6) is -0.535. The number of fused-ring (bicyclic) bond motifs is 1. The SMILES string of the molecule is O=C1Nc2ccccc2C1(c1ccccc1)c1cc([N+](=O)[O-])ccc1O. The molecule has 6 heteroatoms. The zero-order chi connectivity index (χ0) is 18.3. The molecule has 0 bridgehead atoms. The molecule has 1 amide bonds. The number of nitro benzene ring substituents is 1. The summed E-state index contributed by atoms with van der Waals surface area (Å²) in [4.78, 5) is 23.9. The summed E-state index contributed by atoms with van der Waals surface area (Å²) < 4.78 is 0. The van der Waals surface area contributed by atoms with Crippen molar-refractivity contribution in [1.29, 1.82) is 0 Å². The largest absolute Gasteiger partial charge is 0.508 e. The molecule has 3 aromatic carbocycles. The fraction of sp³-hybridized carbons (Fsp3) is 0.0500. The number of phenolic OH excluding ortho intramolecular Hbond substituents is 1. The number of hydrogen-bond donors (Lipinski definition) is 2. The van der Waals surface area contributed by atoms with Gasteiger partial charge in [0, 0.05) is 28.9 Å². The molecule has 0 spiro atoms. The van der Waals surface area contributed by atoms with Crippen LogP contribution in [0.25, 0.3) is 0 Å². The van der Waals surface area contributed by atoms with Crippen molar-refractivity contribution >= 4 is 17.3 Å². The van der Waals surface area contributed by atoms with Gasteiger partial charge in [0.15, 0.2) is 0 Å². The molecule has 128 valence electrons. The monoisotopic (exact) mass is 346 g/mol. The van der Waals surface area contributed by atoms with Gasteiger partial charge in [-0.3, -0.25) is 14.9 Å². The number of nitro groups is 1. The number of phenols is 1. The number of nitrogens with one attached hydrogen (secondary N) is 1. The van der Waals surface area contributed by atoms with Crippen LogP contribution in [0.5, 0.6) is 5.75 Å². The van der Waals surface area contributed by atoms with Gasteiger partial charge in [0.25, 0.3) is 5.69 Å². The highest BCUT2D eigenvalue weighted by Gasteiger charge is 2.51. The Labute approximate surface area is 148 Å². The first-order chi connectivity index (χ1) is 12.5. The van der Waals surface area contributed by atoms with E-state index < -0.39 is 10.3 Å².